The molecule has 0 unspecified atom stereocenters. The van der Waals surface area contributed by atoms with E-state index in [1.807, 2.05) is 30.1 Å². The summed E-state index contributed by atoms with van der Waals surface area (Å²) in [5.41, 5.74) is 1.13. The summed E-state index contributed by atoms with van der Waals surface area (Å²) in [6, 6.07) is 8.30. The van der Waals surface area contributed by atoms with Crippen molar-refractivity contribution in [2.45, 2.75) is 6.54 Å². The third-order valence-electron chi connectivity index (χ3n) is 2.20. The van der Waals surface area contributed by atoms with E-state index in [4.69, 9.17) is 0 Å². The van der Waals surface area contributed by atoms with Gasteiger partial charge in [0.2, 0.25) is 0 Å². The normalized spacial score (nSPS) is 10.3. The van der Waals surface area contributed by atoms with Crippen LogP contribution in [0.5, 0.6) is 0 Å². The molecule has 2 aromatic rings. The van der Waals surface area contributed by atoms with E-state index in [-0.39, 0.29) is 0 Å². The maximum atomic E-state index is 4.25. The summed E-state index contributed by atoms with van der Waals surface area (Å²) in [6.45, 7) is 0.754. The lowest BCUT2D eigenvalue weighted by atomic mass is 10.3. The Hall–Kier alpha value is -1.04. The van der Waals surface area contributed by atoms with E-state index in [9.17, 15) is 0 Å². The second-order valence-electron chi connectivity index (χ2n) is 3.32. The van der Waals surface area contributed by atoms with Gasteiger partial charge < -0.3 is 9.88 Å². The van der Waals surface area contributed by atoms with Crippen LogP contribution in [0.4, 0.5) is 5.69 Å². The molecule has 78 valence electrons. The van der Waals surface area contributed by atoms with Crippen molar-refractivity contribution in [1.29, 1.82) is 0 Å². The molecule has 1 aromatic carbocycles. The molecule has 1 heterocycles. The summed E-state index contributed by atoms with van der Waals surface area (Å²) in [7, 11) is 2.00. The van der Waals surface area contributed by atoms with Gasteiger partial charge in [0.25, 0.3) is 0 Å². The van der Waals surface area contributed by atoms with E-state index < -0.39 is 0 Å². The van der Waals surface area contributed by atoms with Crippen molar-refractivity contribution in [3.8, 4) is 0 Å². The lowest BCUT2D eigenvalue weighted by molar-refractivity contribution is 0.813. The fourth-order valence-corrected chi connectivity index (χ4v) is 1.89. The number of hydrogen-bond donors (Lipinski definition) is 1. The lowest BCUT2D eigenvalue weighted by Gasteiger charge is -2.06. The molecule has 0 aliphatic carbocycles. The van der Waals surface area contributed by atoms with E-state index in [0.29, 0.717) is 0 Å². The summed E-state index contributed by atoms with van der Waals surface area (Å²) in [5.74, 6) is 1.04. The molecule has 0 saturated carbocycles. The summed E-state index contributed by atoms with van der Waals surface area (Å²) >= 11 is 2.30. The number of rotatable bonds is 3. The first-order chi connectivity index (χ1) is 7.25. The predicted molar refractivity (Wildman–Crippen MR) is 69.7 cm³/mol. The number of imidazole rings is 1. The molecule has 0 fully saturated rings. The van der Waals surface area contributed by atoms with Crippen molar-refractivity contribution in [3.63, 3.8) is 0 Å². The fraction of sp³-hybridized carbons (Fsp3) is 0.182. The molecule has 0 atom stereocenters. The van der Waals surface area contributed by atoms with Crippen LogP contribution in [0.15, 0.2) is 36.7 Å². The lowest BCUT2D eigenvalue weighted by Crippen LogP contribution is -2.05. The zero-order chi connectivity index (χ0) is 10.7. The zero-order valence-electron chi connectivity index (χ0n) is 8.44. The highest BCUT2D eigenvalue weighted by Crippen LogP contribution is 2.12. The van der Waals surface area contributed by atoms with Gasteiger partial charge in [0, 0.05) is 28.7 Å². The monoisotopic (exact) mass is 313 g/mol. The number of benzene rings is 1. The fourth-order valence-electron chi connectivity index (χ4n) is 1.35. The van der Waals surface area contributed by atoms with Crippen molar-refractivity contribution in [3.05, 3.63) is 46.1 Å². The van der Waals surface area contributed by atoms with Crippen LogP contribution < -0.4 is 5.32 Å². The molecular weight excluding hydrogens is 301 g/mol. The largest absolute Gasteiger partial charge is 0.378 e. The Bertz CT molecular complexity index is 451. The Morgan fingerprint density at radius 1 is 1.47 bits per heavy atom. The minimum atomic E-state index is 0.754. The van der Waals surface area contributed by atoms with Crippen molar-refractivity contribution in [1.82, 2.24) is 9.55 Å². The first kappa shape index (κ1) is 10.5. The summed E-state index contributed by atoms with van der Waals surface area (Å²) in [6.07, 6.45) is 3.76. The molecule has 1 N–H and O–H groups in total. The number of nitrogens with zero attached hydrogens (tertiary/aromatic N) is 2. The SMILES string of the molecule is Cn1ccnc1CNc1cccc(I)c1. The van der Waals surface area contributed by atoms with E-state index in [1.54, 1.807) is 0 Å². The van der Waals surface area contributed by atoms with Crippen LogP contribution in [-0.4, -0.2) is 9.55 Å². The van der Waals surface area contributed by atoms with Gasteiger partial charge >= 0.3 is 0 Å². The Balaban J connectivity index is 2.02. The molecule has 0 bridgehead atoms. The first-order valence-corrected chi connectivity index (χ1v) is 5.79. The molecular formula is C11H12IN3. The standard InChI is InChI=1S/C11H12IN3/c1-15-6-5-13-11(15)8-14-10-4-2-3-9(12)7-10/h2-7,14H,8H2,1H3. The van der Waals surface area contributed by atoms with Crippen LogP contribution in [0, 0.1) is 3.57 Å². The molecule has 0 aliphatic rings. The highest BCUT2D eigenvalue weighted by atomic mass is 127. The Kier molecular flexibility index (Phi) is 3.25. The minimum absolute atomic E-state index is 0.754. The van der Waals surface area contributed by atoms with Crippen LogP contribution >= 0.6 is 22.6 Å². The highest BCUT2D eigenvalue weighted by Gasteiger charge is 1.98. The second-order valence-corrected chi connectivity index (χ2v) is 4.56. The van der Waals surface area contributed by atoms with Crippen LogP contribution in [0.25, 0.3) is 0 Å². The van der Waals surface area contributed by atoms with Gasteiger partial charge in [-0.1, -0.05) is 6.07 Å². The van der Waals surface area contributed by atoms with E-state index in [0.717, 1.165) is 18.1 Å². The van der Waals surface area contributed by atoms with Gasteiger partial charge in [-0.3, -0.25) is 0 Å². The Morgan fingerprint density at radius 3 is 3.00 bits per heavy atom. The van der Waals surface area contributed by atoms with Gasteiger partial charge in [-0.15, -0.1) is 0 Å². The zero-order valence-corrected chi connectivity index (χ0v) is 10.6. The minimum Gasteiger partial charge on any atom is -0.378 e. The average Bonchev–Trinajstić information content (AvgIpc) is 2.61. The number of hydrogen-bond acceptors (Lipinski definition) is 2. The van der Waals surface area contributed by atoms with Crippen molar-refractivity contribution >= 4 is 28.3 Å². The highest BCUT2D eigenvalue weighted by molar-refractivity contribution is 14.1. The topological polar surface area (TPSA) is 29.9 Å². The second kappa shape index (κ2) is 4.65. The van der Waals surface area contributed by atoms with E-state index in [1.165, 1.54) is 3.57 Å². The summed E-state index contributed by atoms with van der Waals surface area (Å²) < 4.78 is 3.25. The molecule has 0 radical (unpaired) electrons. The number of aromatic nitrogens is 2. The van der Waals surface area contributed by atoms with Gasteiger partial charge in [-0.2, -0.15) is 0 Å². The summed E-state index contributed by atoms with van der Waals surface area (Å²) in [5, 5.41) is 3.34. The summed E-state index contributed by atoms with van der Waals surface area (Å²) in [4.78, 5) is 4.25. The molecule has 3 nitrogen and oxygen atoms in total. The number of aryl methyl sites for hydroxylation is 1. The van der Waals surface area contributed by atoms with Crippen LogP contribution in [0.3, 0.4) is 0 Å². The van der Waals surface area contributed by atoms with Crippen molar-refractivity contribution in [2.75, 3.05) is 5.32 Å². The Labute approximate surface area is 103 Å². The molecule has 15 heavy (non-hydrogen) atoms. The number of nitrogens with one attached hydrogen (secondary N) is 1. The smallest absolute Gasteiger partial charge is 0.127 e. The maximum absolute atomic E-state index is 4.25. The van der Waals surface area contributed by atoms with E-state index in [2.05, 4.69) is 51.1 Å². The maximum Gasteiger partial charge on any atom is 0.127 e. The number of anilines is 1. The van der Waals surface area contributed by atoms with E-state index >= 15 is 0 Å². The third kappa shape index (κ3) is 2.71. The van der Waals surface area contributed by atoms with Gasteiger partial charge in [-0.25, -0.2) is 4.98 Å². The van der Waals surface area contributed by atoms with Crippen molar-refractivity contribution in [2.24, 2.45) is 7.05 Å². The molecule has 1 aromatic heterocycles. The molecule has 0 saturated heterocycles. The molecule has 4 heteroatoms. The van der Waals surface area contributed by atoms with Crippen LogP contribution in [0.1, 0.15) is 5.82 Å². The third-order valence-corrected chi connectivity index (χ3v) is 2.87. The molecule has 0 spiro atoms. The molecule has 2 rings (SSSR count). The molecule has 0 amide bonds. The van der Waals surface area contributed by atoms with Gasteiger partial charge in [0.15, 0.2) is 0 Å². The number of halogens is 1. The van der Waals surface area contributed by atoms with Crippen LogP contribution in [0.2, 0.25) is 0 Å². The average molecular weight is 313 g/mol. The Morgan fingerprint density at radius 2 is 2.33 bits per heavy atom. The molecule has 0 aliphatic heterocycles. The van der Waals surface area contributed by atoms with Crippen molar-refractivity contribution < 1.29 is 0 Å². The van der Waals surface area contributed by atoms with Gasteiger partial charge in [0.1, 0.15) is 5.82 Å². The van der Waals surface area contributed by atoms with Gasteiger partial charge in [0.05, 0.1) is 6.54 Å². The predicted octanol–water partition coefficient (Wildman–Crippen LogP) is 2.64. The van der Waals surface area contributed by atoms with Crippen LogP contribution in [-0.2, 0) is 13.6 Å². The quantitative estimate of drug-likeness (QED) is 0.883. The first-order valence-electron chi connectivity index (χ1n) is 4.71. The van der Waals surface area contributed by atoms with Gasteiger partial charge in [-0.05, 0) is 40.8 Å².